The SMILES string of the molecule is CCCc1nccn1-c1cc(NC)nc(C(F)(F)F)n1. The van der Waals surface area contributed by atoms with Crippen molar-refractivity contribution in [3.05, 3.63) is 30.1 Å². The Balaban J connectivity index is 2.53. The van der Waals surface area contributed by atoms with Crippen LogP contribution in [0.3, 0.4) is 0 Å². The second-order valence-electron chi connectivity index (χ2n) is 4.15. The van der Waals surface area contributed by atoms with E-state index in [-0.39, 0.29) is 11.6 Å². The molecular formula is C12H14F3N5. The van der Waals surface area contributed by atoms with Gasteiger partial charge in [-0.1, -0.05) is 6.92 Å². The molecule has 0 spiro atoms. The number of hydrogen-bond donors (Lipinski definition) is 1. The summed E-state index contributed by atoms with van der Waals surface area (Å²) in [6, 6.07) is 1.45. The van der Waals surface area contributed by atoms with Crippen LogP contribution in [-0.2, 0) is 12.6 Å². The Morgan fingerprint density at radius 1 is 1.30 bits per heavy atom. The zero-order valence-electron chi connectivity index (χ0n) is 11.1. The molecule has 0 unspecified atom stereocenters. The van der Waals surface area contributed by atoms with Gasteiger partial charge in [-0.25, -0.2) is 15.0 Å². The molecule has 20 heavy (non-hydrogen) atoms. The van der Waals surface area contributed by atoms with Crippen molar-refractivity contribution in [2.75, 3.05) is 12.4 Å². The highest BCUT2D eigenvalue weighted by atomic mass is 19.4. The second kappa shape index (κ2) is 5.48. The van der Waals surface area contributed by atoms with Crippen LogP contribution in [0, 0.1) is 0 Å². The number of imidazole rings is 1. The van der Waals surface area contributed by atoms with E-state index in [0.29, 0.717) is 12.2 Å². The molecule has 0 aliphatic heterocycles. The molecule has 2 aromatic rings. The van der Waals surface area contributed by atoms with Crippen LogP contribution in [0.4, 0.5) is 19.0 Å². The summed E-state index contributed by atoms with van der Waals surface area (Å²) in [5, 5.41) is 2.61. The maximum absolute atomic E-state index is 12.8. The number of halogens is 3. The van der Waals surface area contributed by atoms with Crippen LogP contribution >= 0.6 is 0 Å². The molecule has 5 nitrogen and oxygen atoms in total. The normalized spacial score (nSPS) is 11.7. The molecule has 0 atom stereocenters. The van der Waals surface area contributed by atoms with E-state index in [1.807, 2.05) is 6.92 Å². The average Bonchev–Trinajstić information content (AvgIpc) is 2.86. The number of anilines is 1. The van der Waals surface area contributed by atoms with Crippen LogP contribution in [0.1, 0.15) is 25.0 Å². The van der Waals surface area contributed by atoms with Crippen molar-refractivity contribution >= 4 is 5.82 Å². The van der Waals surface area contributed by atoms with Crippen molar-refractivity contribution in [2.45, 2.75) is 25.9 Å². The van der Waals surface area contributed by atoms with E-state index in [0.717, 1.165) is 6.42 Å². The summed E-state index contributed by atoms with van der Waals surface area (Å²) in [4.78, 5) is 11.1. The topological polar surface area (TPSA) is 55.6 Å². The van der Waals surface area contributed by atoms with E-state index in [2.05, 4.69) is 20.3 Å². The molecule has 108 valence electrons. The van der Waals surface area contributed by atoms with Gasteiger partial charge < -0.3 is 5.32 Å². The quantitative estimate of drug-likeness (QED) is 0.938. The maximum Gasteiger partial charge on any atom is 0.451 e. The molecule has 0 bridgehead atoms. The summed E-state index contributed by atoms with van der Waals surface area (Å²) in [5.41, 5.74) is 0. The second-order valence-corrected chi connectivity index (χ2v) is 4.15. The third kappa shape index (κ3) is 2.89. The lowest BCUT2D eigenvalue weighted by Gasteiger charge is -2.12. The zero-order chi connectivity index (χ0) is 14.8. The Kier molecular flexibility index (Phi) is 3.91. The summed E-state index contributed by atoms with van der Waals surface area (Å²) < 4.78 is 39.9. The van der Waals surface area contributed by atoms with E-state index >= 15 is 0 Å². The molecule has 0 saturated carbocycles. The molecule has 2 aromatic heterocycles. The molecule has 0 saturated heterocycles. The number of hydrogen-bond acceptors (Lipinski definition) is 4. The number of aryl methyl sites for hydroxylation is 1. The standard InChI is InChI=1S/C12H14F3N5/c1-3-4-9-17-5-6-20(9)10-7-8(16-2)18-11(19-10)12(13,14)15/h5-7H,3-4H2,1-2H3,(H,16,18,19). The first-order chi connectivity index (χ1) is 9.45. The van der Waals surface area contributed by atoms with Crippen molar-refractivity contribution in [3.63, 3.8) is 0 Å². The molecule has 2 heterocycles. The van der Waals surface area contributed by atoms with Crippen LogP contribution < -0.4 is 5.32 Å². The number of aromatic nitrogens is 4. The van der Waals surface area contributed by atoms with Crippen molar-refractivity contribution in [1.82, 2.24) is 19.5 Å². The maximum atomic E-state index is 12.8. The van der Waals surface area contributed by atoms with Gasteiger partial charge in [0, 0.05) is 31.9 Å². The summed E-state index contributed by atoms with van der Waals surface area (Å²) >= 11 is 0. The summed E-state index contributed by atoms with van der Waals surface area (Å²) in [6.45, 7) is 1.97. The lowest BCUT2D eigenvalue weighted by Crippen LogP contribution is -2.15. The molecule has 0 fully saturated rings. The predicted octanol–water partition coefficient (Wildman–Crippen LogP) is 2.68. The Hall–Kier alpha value is -2.12. The minimum atomic E-state index is -4.59. The number of nitrogens with zero attached hydrogens (tertiary/aromatic N) is 4. The Bertz CT molecular complexity index is 591. The first-order valence-electron chi connectivity index (χ1n) is 6.12. The van der Waals surface area contributed by atoms with Gasteiger partial charge in [0.1, 0.15) is 17.5 Å². The predicted molar refractivity (Wildman–Crippen MR) is 67.7 cm³/mol. The third-order valence-electron chi connectivity index (χ3n) is 2.66. The minimum Gasteiger partial charge on any atom is -0.373 e. The Labute approximate surface area is 113 Å². The monoisotopic (exact) mass is 285 g/mol. The van der Waals surface area contributed by atoms with E-state index in [9.17, 15) is 13.2 Å². The summed E-state index contributed by atoms with van der Waals surface area (Å²) in [6.07, 6.45) is 0.0415. The molecule has 0 radical (unpaired) electrons. The van der Waals surface area contributed by atoms with Gasteiger partial charge in [0.05, 0.1) is 0 Å². The number of nitrogens with one attached hydrogen (secondary N) is 1. The van der Waals surface area contributed by atoms with Crippen molar-refractivity contribution in [2.24, 2.45) is 0 Å². The van der Waals surface area contributed by atoms with Crippen LogP contribution in [0.5, 0.6) is 0 Å². The van der Waals surface area contributed by atoms with Crippen LogP contribution in [0.25, 0.3) is 5.82 Å². The Morgan fingerprint density at radius 3 is 2.65 bits per heavy atom. The molecular weight excluding hydrogens is 271 g/mol. The smallest absolute Gasteiger partial charge is 0.373 e. The van der Waals surface area contributed by atoms with Crippen molar-refractivity contribution in [1.29, 1.82) is 0 Å². The Morgan fingerprint density at radius 2 is 2.05 bits per heavy atom. The van der Waals surface area contributed by atoms with Crippen molar-refractivity contribution in [3.8, 4) is 5.82 Å². The van der Waals surface area contributed by atoms with Gasteiger partial charge in [0.2, 0.25) is 5.82 Å². The van der Waals surface area contributed by atoms with E-state index in [4.69, 9.17) is 0 Å². The lowest BCUT2D eigenvalue weighted by atomic mass is 10.3. The highest BCUT2D eigenvalue weighted by molar-refractivity contribution is 5.42. The minimum absolute atomic E-state index is 0.110. The number of alkyl halides is 3. The van der Waals surface area contributed by atoms with Gasteiger partial charge in [-0.15, -0.1) is 0 Å². The van der Waals surface area contributed by atoms with Crippen LogP contribution in [-0.4, -0.2) is 26.6 Å². The highest BCUT2D eigenvalue weighted by Gasteiger charge is 2.35. The van der Waals surface area contributed by atoms with Gasteiger partial charge in [-0.05, 0) is 6.42 Å². The van der Waals surface area contributed by atoms with E-state index in [1.54, 1.807) is 17.0 Å². The van der Waals surface area contributed by atoms with Crippen LogP contribution in [0.2, 0.25) is 0 Å². The van der Waals surface area contributed by atoms with E-state index in [1.165, 1.54) is 13.1 Å². The third-order valence-corrected chi connectivity index (χ3v) is 2.66. The van der Waals surface area contributed by atoms with Crippen LogP contribution in [0.15, 0.2) is 18.5 Å². The molecule has 0 aliphatic rings. The summed E-state index contributed by atoms with van der Waals surface area (Å²) in [5.74, 6) is -0.243. The molecule has 8 heteroatoms. The average molecular weight is 285 g/mol. The molecule has 2 rings (SSSR count). The highest BCUT2D eigenvalue weighted by Crippen LogP contribution is 2.28. The van der Waals surface area contributed by atoms with Crippen molar-refractivity contribution < 1.29 is 13.2 Å². The molecule has 0 aliphatic carbocycles. The summed E-state index contributed by atoms with van der Waals surface area (Å²) in [7, 11) is 1.51. The van der Waals surface area contributed by atoms with Gasteiger partial charge >= 0.3 is 6.18 Å². The van der Waals surface area contributed by atoms with E-state index < -0.39 is 12.0 Å². The number of rotatable bonds is 4. The fraction of sp³-hybridized carbons (Fsp3) is 0.417. The van der Waals surface area contributed by atoms with Gasteiger partial charge in [-0.2, -0.15) is 13.2 Å². The molecule has 1 N–H and O–H groups in total. The van der Waals surface area contributed by atoms with Gasteiger partial charge in [0.15, 0.2) is 0 Å². The lowest BCUT2D eigenvalue weighted by molar-refractivity contribution is -0.144. The zero-order valence-corrected chi connectivity index (χ0v) is 11.1. The van der Waals surface area contributed by atoms with Gasteiger partial charge in [0.25, 0.3) is 0 Å². The fourth-order valence-corrected chi connectivity index (χ4v) is 1.76. The largest absolute Gasteiger partial charge is 0.451 e. The molecule has 0 amide bonds. The molecule has 0 aromatic carbocycles. The first-order valence-corrected chi connectivity index (χ1v) is 6.12. The van der Waals surface area contributed by atoms with Gasteiger partial charge in [-0.3, -0.25) is 4.57 Å². The fourth-order valence-electron chi connectivity index (χ4n) is 1.76. The first kappa shape index (κ1) is 14.3.